The lowest BCUT2D eigenvalue weighted by Crippen LogP contribution is -3.15. The highest BCUT2D eigenvalue weighted by Gasteiger charge is 2.31. The first-order valence-corrected chi connectivity index (χ1v) is 11.4. The maximum absolute atomic E-state index is 12.9. The van der Waals surface area contributed by atoms with Crippen LogP contribution < -0.4 is 9.64 Å². The molecule has 0 unspecified atom stereocenters. The Morgan fingerprint density at radius 2 is 1.76 bits per heavy atom. The molecule has 1 fully saturated rings. The Labute approximate surface area is 173 Å². The van der Waals surface area contributed by atoms with Crippen LogP contribution in [-0.2, 0) is 10.0 Å². The van der Waals surface area contributed by atoms with Gasteiger partial charge in [-0.15, -0.1) is 0 Å². The maximum Gasteiger partial charge on any atom is 0.243 e. The van der Waals surface area contributed by atoms with Gasteiger partial charge in [0, 0.05) is 5.56 Å². The molecule has 7 heteroatoms. The molecule has 1 aliphatic heterocycles. The number of benzene rings is 2. The van der Waals surface area contributed by atoms with Crippen LogP contribution in [0.2, 0.25) is 0 Å². The van der Waals surface area contributed by atoms with E-state index in [1.54, 1.807) is 43.5 Å². The number of nitrogens with zero attached hydrogens (tertiary/aromatic N) is 1. The van der Waals surface area contributed by atoms with Crippen molar-refractivity contribution in [1.82, 2.24) is 4.31 Å². The topological polar surface area (TPSA) is 68.1 Å². The molecule has 29 heavy (non-hydrogen) atoms. The van der Waals surface area contributed by atoms with Gasteiger partial charge in [-0.25, -0.2) is 8.42 Å². The number of carbonyl (C=O) groups is 1. The van der Waals surface area contributed by atoms with Gasteiger partial charge in [-0.3, -0.25) is 4.79 Å². The zero-order chi connectivity index (χ0) is 21.0. The highest BCUT2D eigenvalue weighted by Crippen LogP contribution is 2.20. The number of quaternary nitrogens is 1. The van der Waals surface area contributed by atoms with Crippen LogP contribution in [0, 0.1) is 0 Å². The molecule has 0 saturated carbocycles. The molecule has 2 aromatic rings. The first-order valence-electron chi connectivity index (χ1n) is 9.92. The summed E-state index contributed by atoms with van der Waals surface area (Å²) in [5.74, 6) is 1.06. The van der Waals surface area contributed by atoms with E-state index in [1.807, 2.05) is 12.1 Å². The van der Waals surface area contributed by atoms with E-state index in [-0.39, 0.29) is 5.78 Å². The fraction of sp³-hybridized carbons (Fsp3) is 0.409. The van der Waals surface area contributed by atoms with Crippen LogP contribution in [0.3, 0.4) is 0 Å². The van der Waals surface area contributed by atoms with E-state index in [0.29, 0.717) is 54.9 Å². The second kappa shape index (κ2) is 9.07. The first-order chi connectivity index (χ1) is 13.8. The van der Waals surface area contributed by atoms with Crippen LogP contribution in [0.25, 0.3) is 0 Å². The van der Waals surface area contributed by atoms with E-state index in [1.165, 1.54) is 4.31 Å². The largest absolute Gasteiger partial charge is 0.497 e. The Morgan fingerprint density at radius 1 is 1.10 bits per heavy atom. The third-order valence-corrected chi connectivity index (χ3v) is 7.33. The van der Waals surface area contributed by atoms with Crippen LogP contribution >= 0.6 is 0 Å². The van der Waals surface area contributed by atoms with Gasteiger partial charge in [0.25, 0.3) is 0 Å². The van der Waals surface area contributed by atoms with Gasteiger partial charge in [0.05, 0.1) is 38.2 Å². The zero-order valence-corrected chi connectivity index (χ0v) is 18.0. The summed E-state index contributed by atoms with van der Waals surface area (Å²) in [7, 11) is -1.92. The number of sulfonamides is 1. The molecule has 0 atom stereocenters. The Morgan fingerprint density at radius 3 is 2.34 bits per heavy atom. The van der Waals surface area contributed by atoms with E-state index < -0.39 is 10.0 Å². The molecule has 0 radical (unpaired) electrons. The van der Waals surface area contributed by atoms with Gasteiger partial charge in [-0.2, -0.15) is 4.31 Å². The number of hydrogen-bond donors (Lipinski definition) is 1. The Hall–Kier alpha value is -2.22. The molecule has 0 bridgehead atoms. The van der Waals surface area contributed by atoms with Gasteiger partial charge >= 0.3 is 0 Å². The van der Waals surface area contributed by atoms with E-state index in [0.717, 1.165) is 10.5 Å². The number of Topliss-reactive ketones (excluding diaryl/α,β-unsaturated/α-hetero) is 1. The van der Waals surface area contributed by atoms with Gasteiger partial charge in [-0.1, -0.05) is 38.1 Å². The van der Waals surface area contributed by atoms with E-state index in [9.17, 15) is 13.2 Å². The number of ether oxygens (including phenoxy) is 1. The van der Waals surface area contributed by atoms with Crippen molar-refractivity contribution in [1.29, 1.82) is 0 Å². The Balaban J connectivity index is 1.60. The summed E-state index contributed by atoms with van der Waals surface area (Å²) in [6.45, 7) is 6.56. The van der Waals surface area contributed by atoms with Crippen LogP contribution in [-0.4, -0.2) is 58.3 Å². The van der Waals surface area contributed by atoms with Gasteiger partial charge in [0.15, 0.2) is 0 Å². The average Bonchev–Trinajstić information content (AvgIpc) is 2.74. The minimum atomic E-state index is -3.50. The monoisotopic (exact) mass is 417 g/mol. The number of rotatable bonds is 7. The van der Waals surface area contributed by atoms with Crippen molar-refractivity contribution in [2.24, 2.45) is 0 Å². The fourth-order valence-electron chi connectivity index (χ4n) is 3.52. The number of hydrogen-bond acceptors (Lipinski definition) is 4. The minimum absolute atomic E-state index is 0.0412. The third-order valence-electron chi connectivity index (χ3n) is 5.42. The van der Waals surface area contributed by atoms with Crippen molar-refractivity contribution >= 4 is 15.8 Å². The summed E-state index contributed by atoms with van der Waals surface area (Å²) in [6.07, 6.45) is 0. The number of methoxy groups -OCH3 is 1. The molecule has 1 saturated heterocycles. The van der Waals surface area contributed by atoms with Crippen molar-refractivity contribution in [2.75, 3.05) is 39.8 Å². The molecule has 6 nitrogen and oxygen atoms in total. The standard InChI is InChI=1S/C22H28N2O4S/c1-17(2)18-7-9-21(10-8-18)29(26,27)24-13-11-23(12-14-24)16-22(25)19-5-4-6-20(15-19)28-3/h4-10,15,17H,11-14,16H2,1-3H3/p+1. The first kappa shape index (κ1) is 21.5. The minimum Gasteiger partial charge on any atom is -0.497 e. The highest BCUT2D eigenvalue weighted by molar-refractivity contribution is 7.89. The van der Waals surface area contributed by atoms with Crippen LogP contribution in [0.4, 0.5) is 0 Å². The molecule has 0 amide bonds. The van der Waals surface area contributed by atoms with Gasteiger partial charge < -0.3 is 9.64 Å². The lowest BCUT2D eigenvalue weighted by molar-refractivity contribution is -0.895. The quantitative estimate of drug-likeness (QED) is 0.695. The summed E-state index contributed by atoms with van der Waals surface area (Å²) >= 11 is 0. The Bertz CT molecular complexity index is 947. The molecular formula is C22H29N2O4S+. The summed E-state index contributed by atoms with van der Waals surface area (Å²) in [4.78, 5) is 14.0. The number of piperazine rings is 1. The SMILES string of the molecule is COc1cccc(C(=O)C[NH+]2CCN(S(=O)(=O)c3ccc(C(C)C)cc3)CC2)c1. The average molecular weight is 418 g/mol. The molecular weight excluding hydrogens is 388 g/mol. The van der Waals surface area contributed by atoms with Gasteiger partial charge in [0.2, 0.25) is 15.8 Å². The highest BCUT2D eigenvalue weighted by atomic mass is 32.2. The molecule has 1 N–H and O–H groups in total. The molecule has 0 spiro atoms. The number of ketones is 1. The van der Waals surface area contributed by atoms with Crippen LogP contribution in [0.1, 0.15) is 35.7 Å². The predicted molar refractivity (Wildman–Crippen MR) is 112 cm³/mol. The van der Waals surface area contributed by atoms with Crippen LogP contribution in [0.15, 0.2) is 53.4 Å². The predicted octanol–water partition coefficient (Wildman–Crippen LogP) is 1.59. The summed E-state index contributed by atoms with van der Waals surface area (Å²) < 4.78 is 32.6. The van der Waals surface area contributed by atoms with Crippen molar-refractivity contribution in [3.8, 4) is 5.75 Å². The normalized spacial score (nSPS) is 16.1. The van der Waals surface area contributed by atoms with E-state index >= 15 is 0 Å². The molecule has 156 valence electrons. The third kappa shape index (κ3) is 5.04. The lowest BCUT2D eigenvalue weighted by Gasteiger charge is -2.31. The summed E-state index contributed by atoms with van der Waals surface area (Å²) in [5.41, 5.74) is 1.74. The van der Waals surface area contributed by atoms with Crippen molar-refractivity contribution < 1.29 is 22.8 Å². The van der Waals surface area contributed by atoms with Crippen molar-refractivity contribution in [3.63, 3.8) is 0 Å². The molecule has 3 rings (SSSR count). The molecule has 1 heterocycles. The summed E-state index contributed by atoms with van der Waals surface area (Å²) in [5, 5.41) is 0. The number of nitrogens with one attached hydrogen (secondary N) is 1. The number of carbonyl (C=O) groups excluding carboxylic acids is 1. The summed E-state index contributed by atoms with van der Waals surface area (Å²) in [6, 6.07) is 14.3. The second-order valence-electron chi connectivity index (χ2n) is 7.71. The Kier molecular flexibility index (Phi) is 6.72. The molecule has 0 aromatic heterocycles. The van der Waals surface area contributed by atoms with Gasteiger partial charge in [0.1, 0.15) is 12.3 Å². The molecule has 2 aromatic carbocycles. The van der Waals surface area contributed by atoms with E-state index in [2.05, 4.69) is 13.8 Å². The maximum atomic E-state index is 12.9. The van der Waals surface area contributed by atoms with Crippen molar-refractivity contribution in [2.45, 2.75) is 24.7 Å². The zero-order valence-electron chi connectivity index (χ0n) is 17.2. The molecule has 1 aliphatic rings. The smallest absolute Gasteiger partial charge is 0.243 e. The fourth-order valence-corrected chi connectivity index (χ4v) is 4.96. The lowest BCUT2D eigenvalue weighted by atomic mass is 10.0. The van der Waals surface area contributed by atoms with Crippen LogP contribution in [0.5, 0.6) is 5.75 Å². The van der Waals surface area contributed by atoms with Gasteiger partial charge in [-0.05, 0) is 35.7 Å². The van der Waals surface area contributed by atoms with E-state index in [4.69, 9.17) is 4.74 Å². The van der Waals surface area contributed by atoms with Crippen molar-refractivity contribution in [3.05, 3.63) is 59.7 Å². The molecule has 0 aliphatic carbocycles. The second-order valence-corrected chi connectivity index (χ2v) is 9.65.